The average Bonchev–Trinajstić information content (AvgIpc) is 2.32. The molecule has 17 heavy (non-hydrogen) atoms. The summed E-state index contributed by atoms with van der Waals surface area (Å²) < 4.78 is 11.7. The Balaban J connectivity index is 2.97. The van der Waals surface area contributed by atoms with Crippen LogP contribution in [-0.2, 0) is 4.74 Å². The van der Waals surface area contributed by atoms with E-state index in [2.05, 4.69) is 13.5 Å². The zero-order valence-electron chi connectivity index (χ0n) is 11.2. The molecule has 0 saturated heterocycles. The number of ether oxygens (including phenoxy) is 2. The van der Waals surface area contributed by atoms with Gasteiger partial charge in [0, 0.05) is 20.0 Å². The van der Waals surface area contributed by atoms with Crippen LogP contribution in [0.5, 0.6) is 5.75 Å². The van der Waals surface area contributed by atoms with Crippen molar-refractivity contribution in [2.45, 2.75) is 39.9 Å². The van der Waals surface area contributed by atoms with E-state index >= 15 is 0 Å². The highest BCUT2D eigenvalue weighted by molar-refractivity contribution is 5.55. The van der Waals surface area contributed by atoms with Crippen molar-refractivity contribution < 1.29 is 9.47 Å². The third kappa shape index (κ3) is 3.34. The predicted molar refractivity (Wildman–Crippen MR) is 72.2 cm³/mol. The highest BCUT2D eigenvalue weighted by Crippen LogP contribution is 2.28. The van der Waals surface area contributed by atoms with Crippen molar-refractivity contribution in [3.63, 3.8) is 0 Å². The van der Waals surface area contributed by atoms with Crippen LogP contribution in [-0.4, -0.2) is 12.4 Å². The van der Waals surface area contributed by atoms with Gasteiger partial charge in [0.1, 0.15) is 5.75 Å². The van der Waals surface area contributed by atoms with Crippen molar-refractivity contribution in [2.24, 2.45) is 0 Å². The van der Waals surface area contributed by atoms with Crippen LogP contribution in [0.2, 0.25) is 0 Å². The first-order valence-electron chi connectivity index (χ1n) is 6.11. The van der Waals surface area contributed by atoms with Crippen LogP contribution in [0.4, 0.5) is 0 Å². The van der Waals surface area contributed by atoms with Gasteiger partial charge >= 0.3 is 0 Å². The van der Waals surface area contributed by atoms with Crippen LogP contribution < -0.4 is 4.74 Å². The summed E-state index contributed by atoms with van der Waals surface area (Å²) in [5.74, 6) is 0.305. The Morgan fingerprint density at radius 2 is 2.06 bits per heavy atom. The summed E-state index contributed by atoms with van der Waals surface area (Å²) in [5.41, 5.74) is 2.19. The van der Waals surface area contributed by atoms with Gasteiger partial charge < -0.3 is 9.47 Å². The second-order valence-corrected chi connectivity index (χ2v) is 4.20. The maximum Gasteiger partial charge on any atom is 0.207 e. The molecule has 1 aromatic rings. The van der Waals surface area contributed by atoms with Crippen molar-refractivity contribution in [1.29, 1.82) is 0 Å². The molecule has 2 nitrogen and oxygen atoms in total. The lowest BCUT2D eigenvalue weighted by Gasteiger charge is -2.30. The van der Waals surface area contributed by atoms with Crippen LogP contribution in [0.15, 0.2) is 24.8 Å². The normalized spacial score (nSPS) is 14.1. The molecule has 0 N–H and O–H groups in total. The first kappa shape index (κ1) is 13.8. The fourth-order valence-electron chi connectivity index (χ4n) is 1.70. The molecule has 1 unspecified atom stereocenters. The molecule has 94 valence electrons. The number of benzene rings is 1. The lowest BCUT2D eigenvalue weighted by molar-refractivity contribution is -0.168. The molecule has 0 radical (unpaired) electrons. The van der Waals surface area contributed by atoms with E-state index in [0.717, 1.165) is 23.3 Å². The van der Waals surface area contributed by atoms with Crippen molar-refractivity contribution in [3.8, 4) is 5.75 Å². The van der Waals surface area contributed by atoms with Crippen LogP contribution in [0.3, 0.4) is 0 Å². The van der Waals surface area contributed by atoms with Gasteiger partial charge in [-0.25, -0.2) is 0 Å². The quantitative estimate of drug-likeness (QED) is 0.687. The molecule has 2 heteroatoms. The maximum atomic E-state index is 5.99. The predicted octanol–water partition coefficient (Wildman–Crippen LogP) is 4.18. The minimum atomic E-state index is -0.556. The topological polar surface area (TPSA) is 18.5 Å². The molecule has 1 atom stereocenters. The van der Waals surface area contributed by atoms with Gasteiger partial charge in [0.15, 0.2) is 0 Å². The highest BCUT2D eigenvalue weighted by atomic mass is 16.7. The zero-order chi connectivity index (χ0) is 12.9. The van der Waals surface area contributed by atoms with Gasteiger partial charge in [-0.15, -0.1) is 0 Å². The van der Waals surface area contributed by atoms with Crippen molar-refractivity contribution in [3.05, 3.63) is 35.9 Å². The molecule has 0 fully saturated rings. The van der Waals surface area contributed by atoms with E-state index in [1.54, 1.807) is 0 Å². The molecule has 0 spiro atoms. The van der Waals surface area contributed by atoms with Gasteiger partial charge in [0.25, 0.3) is 0 Å². The van der Waals surface area contributed by atoms with Crippen LogP contribution in [0.1, 0.15) is 38.3 Å². The van der Waals surface area contributed by atoms with Crippen LogP contribution in [0.25, 0.3) is 6.08 Å². The highest BCUT2D eigenvalue weighted by Gasteiger charge is 2.25. The lowest BCUT2D eigenvalue weighted by atomic mass is 10.1. The Morgan fingerprint density at radius 1 is 1.35 bits per heavy atom. The van der Waals surface area contributed by atoms with Crippen LogP contribution >= 0.6 is 0 Å². The molecule has 0 aliphatic rings. The van der Waals surface area contributed by atoms with Crippen LogP contribution in [0, 0.1) is 6.92 Å². The third-order valence-corrected chi connectivity index (χ3v) is 2.96. The van der Waals surface area contributed by atoms with E-state index in [1.807, 2.05) is 45.0 Å². The van der Waals surface area contributed by atoms with Crippen molar-refractivity contribution in [1.82, 2.24) is 0 Å². The molecular weight excluding hydrogens is 212 g/mol. The molecule has 1 rings (SSSR count). The molecule has 0 amide bonds. The van der Waals surface area contributed by atoms with Gasteiger partial charge in [0.05, 0.1) is 0 Å². The van der Waals surface area contributed by atoms with Gasteiger partial charge in [0.2, 0.25) is 5.79 Å². The van der Waals surface area contributed by atoms with Crippen molar-refractivity contribution >= 4 is 6.08 Å². The molecule has 0 heterocycles. The summed E-state index contributed by atoms with van der Waals surface area (Å²) in [7, 11) is 0. The van der Waals surface area contributed by atoms with Gasteiger partial charge in [-0.05, 0) is 31.0 Å². The van der Waals surface area contributed by atoms with E-state index in [4.69, 9.17) is 9.47 Å². The SMILES string of the molecule is C=Cc1cccc(OC(C)(CC)OCC)c1C. The molecule has 0 saturated carbocycles. The third-order valence-electron chi connectivity index (χ3n) is 2.96. The maximum absolute atomic E-state index is 5.99. The summed E-state index contributed by atoms with van der Waals surface area (Å²) in [6, 6.07) is 5.97. The van der Waals surface area contributed by atoms with E-state index in [0.29, 0.717) is 6.61 Å². The summed E-state index contributed by atoms with van der Waals surface area (Å²) in [6.45, 7) is 12.5. The minimum absolute atomic E-state index is 0.556. The van der Waals surface area contributed by atoms with E-state index in [1.165, 1.54) is 0 Å². The van der Waals surface area contributed by atoms with Gasteiger partial charge in [-0.3, -0.25) is 0 Å². The number of hydrogen-bond acceptors (Lipinski definition) is 2. The molecule has 0 aliphatic carbocycles. The second-order valence-electron chi connectivity index (χ2n) is 4.20. The monoisotopic (exact) mass is 234 g/mol. The summed E-state index contributed by atoms with van der Waals surface area (Å²) in [4.78, 5) is 0. The molecule has 0 aromatic heterocycles. The van der Waals surface area contributed by atoms with E-state index in [-0.39, 0.29) is 0 Å². The number of rotatable bonds is 6. The molecule has 0 bridgehead atoms. The van der Waals surface area contributed by atoms with Crippen molar-refractivity contribution in [2.75, 3.05) is 6.61 Å². The Bertz CT molecular complexity index is 385. The van der Waals surface area contributed by atoms with Gasteiger partial charge in [-0.2, -0.15) is 0 Å². The zero-order valence-corrected chi connectivity index (χ0v) is 11.2. The fraction of sp³-hybridized carbons (Fsp3) is 0.467. The molecule has 0 aliphatic heterocycles. The molecular formula is C15H22O2. The van der Waals surface area contributed by atoms with E-state index < -0.39 is 5.79 Å². The summed E-state index contributed by atoms with van der Waals surface area (Å²) in [5, 5.41) is 0. The molecule has 1 aromatic carbocycles. The summed E-state index contributed by atoms with van der Waals surface area (Å²) >= 11 is 0. The smallest absolute Gasteiger partial charge is 0.207 e. The van der Waals surface area contributed by atoms with E-state index in [9.17, 15) is 0 Å². The fourth-order valence-corrected chi connectivity index (χ4v) is 1.70. The Labute approximate surface area is 104 Å². The standard InChI is InChI=1S/C15H22O2/c1-6-13-10-9-11-14(12(13)4)17-15(5,7-2)16-8-3/h6,9-11H,1,7-8H2,2-5H3. The Hall–Kier alpha value is -1.28. The first-order valence-corrected chi connectivity index (χ1v) is 6.11. The Morgan fingerprint density at radius 3 is 2.59 bits per heavy atom. The Kier molecular flexibility index (Phi) is 4.76. The largest absolute Gasteiger partial charge is 0.462 e. The summed E-state index contributed by atoms with van der Waals surface area (Å²) in [6.07, 6.45) is 2.64. The van der Waals surface area contributed by atoms with Gasteiger partial charge in [-0.1, -0.05) is 31.7 Å². The minimum Gasteiger partial charge on any atom is -0.462 e. The first-order chi connectivity index (χ1) is 8.06. The second kappa shape index (κ2) is 5.87. The number of hydrogen-bond donors (Lipinski definition) is 0. The average molecular weight is 234 g/mol. The lowest BCUT2D eigenvalue weighted by Crippen LogP contribution is -2.35.